The van der Waals surface area contributed by atoms with Gasteiger partial charge in [-0.05, 0) is 42.8 Å². The minimum absolute atomic E-state index is 0.0515. The van der Waals surface area contributed by atoms with E-state index in [0.29, 0.717) is 27.1 Å². The van der Waals surface area contributed by atoms with E-state index in [2.05, 4.69) is 0 Å². The number of halogens is 2. The first-order chi connectivity index (χ1) is 14.0. The van der Waals surface area contributed by atoms with Gasteiger partial charge in [-0.2, -0.15) is 0 Å². The molecule has 0 heterocycles. The predicted molar refractivity (Wildman–Crippen MR) is 118 cm³/mol. The maximum Gasteiger partial charge on any atom is 0.185 e. The Morgan fingerprint density at radius 1 is 1.00 bits per heavy atom. The van der Waals surface area contributed by atoms with Gasteiger partial charge >= 0.3 is 0 Å². The van der Waals surface area contributed by atoms with Gasteiger partial charge in [-0.15, -0.1) is 0 Å². The van der Waals surface area contributed by atoms with Gasteiger partial charge in [0.25, 0.3) is 0 Å². The van der Waals surface area contributed by atoms with E-state index in [-0.39, 0.29) is 12.4 Å². The summed E-state index contributed by atoms with van der Waals surface area (Å²) in [4.78, 5) is 12.4. The van der Waals surface area contributed by atoms with Crippen molar-refractivity contribution in [1.82, 2.24) is 0 Å². The average molecular weight is 427 g/mol. The molecule has 29 heavy (non-hydrogen) atoms. The summed E-state index contributed by atoms with van der Waals surface area (Å²) < 4.78 is 11.2. The molecule has 0 saturated carbocycles. The summed E-state index contributed by atoms with van der Waals surface area (Å²) in [6.07, 6.45) is 3.34. The van der Waals surface area contributed by atoms with Crippen LogP contribution < -0.4 is 9.47 Å². The van der Waals surface area contributed by atoms with Gasteiger partial charge in [0, 0.05) is 11.1 Å². The molecule has 0 radical (unpaired) electrons. The second kappa shape index (κ2) is 9.64. The molecule has 3 aromatic rings. The highest BCUT2D eigenvalue weighted by atomic mass is 35.5. The van der Waals surface area contributed by atoms with Crippen LogP contribution in [-0.2, 0) is 6.61 Å². The second-order valence-electron chi connectivity index (χ2n) is 6.48. The van der Waals surface area contributed by atoms with Crippen molar-refractivity contribution in [2.75, 3.05) is 7.11 Å². The maximum atomic E-state index is 12.4. The maximum absolute atomic E-state index is 12.4. The zero-order valence-corrected chi connectivity index (χ0v) is 17.6. The van der Waals surface area contributed by atoms with Crippen molar-refractivity contribution >= 4 is 35.1 Å². The van der Waals surface area contributed by atoms with Crippen LogP contribution in [0.25, 0.3) is 6.08 Å². The van der Waals surface area contributed by atoms with Gasteiger partial charge < -0.3 is 9.47 Å². The summed E-state index contributed by atoms with van der Waals surface area (Å²) in [5.74, 6) is 1.13. The quantitative estimate of drug-likeness (QED) is 0.308. The molecule has 0 fully saturated rings. The largest absolute Gasteiger partial charge is 0.496 e. The van der Waals surface area contributed by atoms with Gasteiger partial charge in [-0.1, -0.05) is 71.2 Å². The highest BCUT2D eigenvalue weighted by Crippen LogP contribution is 2.32. The molecule has 0 atom stereocenters. The molecule has 3 nitrogen and oxygen atoms in total. The van der Waals surface area contributed by atoms with E-state index in [0.717, 1.165) is 16.7 Å². The van der Waals surface area contributed by atoms with E-state index in [1.54, 1.807) is 37.5 Å². The lowest BCUT2D eigenvalue weighted by atomic mass is 10.1. The lowest BCUT2D eigenvalue weighted by molar-refractivity contribution is 0.104. The van der Waals surface area contributed by atoms with Crippen LogP contribution in [0.4, 0.5) is 0 Å². The summed E-state index contributed by atoms with van der Waals surface area (Å²) in [6, 6.07) is 18.4. The molecule has 0 aromatic heterocycles. The molecule has 148 valence electrons. The number of ether oxygens (including phenoxy) is 2. The zero-order valence-electron chi connectivity index (χ0n) is 16.1. The van der Waals surface area contributed by atoms with Crippen LogP contribution in [-0.4, -0.2) is 12.9 Å². The molecule has 0 N–H and O–H groups in total. The molecule has 0 aliphatic heterocycles. The summed E-state index contributed by atoms with van der Waals surface area (Å²) in [5, 5.41) is 0.801. The number of ketones is 1. The van der Waals surface area contributed by atoms with E-state index >= 15 is 0 Å². The number of carbonyl (C=O) groups excluding carboxylic acids is 1. The fourth-order valence-electron chi connectivity index (χ4n) is 2.75. The van der Waals surface area contributed by atoms with Crippen molar-refractivity contribution in [3.05, 3.63) is 99.0 Å². The third-order valence-electron chi connectivity index (χ3n) is 4.37. The first kappa shape index (κ1) is 21.0. The predicted octanol–water partition coefficient (Wildman–Crippen LogP) is 6.79. The second-order valence-corrected chi connectivity index (χ2v) is 7.26. The number of aryl methyl sites for hydroxylation is 1. The number of carbonyl (C=O) groups is 1. The van der Waals surface area contributed by atoms with Gasteiger partial charge in [0.1, 0.15) is 23.1 Å². The van der Waals surface area contributed by atoms with Crippen molar-refractivity contribution in [2.24, 2.45) is 0 Å². The Morgan fingerprint density at radius 3 is 2.48 bits per heavy atom. The minimum Gasteiger partial charge on any atom is -0.496 e. The fraction of sp³-hybridized carbons (Fsp3) is 0.125. The molecule has 0 amide bonds. The SMILES string of the molecule is COc1ccc(/C=C/C(=O)c2ccc(C)cc2)cc1COc1cccc(Cl)c1Cl. The lowest BCUT2D eigenvalue weighted by Crippen LogP contribution is -2.00. The molecule has 0 spiro atoms. The number of allylic oxidation sites excluding steroid dienone is 1. The van der Waals surface area contributed by atoms with E-state index in [1.807, 2.05) is 49.4 Å². The van der Waals surface area contributed by atoms with Crippen LogP contribution >= 0.6 is 23.2 Å². The highest BCUT2D eigenvalue weighted by molar-refractivity contribution is 6.42. The molecule has 3 rings (SSSR count). The molecule has 3 aromatic carbocycles. The van der Waals surface area contributed by atoms with Crippen molar-refractivity contribution in [1.29, 1.82) is 0 Å². The summed E-state index contributed by atoms with van der Waals surface area (Å²) in [7, 11) is 1.60. The van der Waals surface area contributed by atoms with E-state index in [1.165, 1.54) is 0 Å². The number of rotatable bonds is 7. The zero-order chi connectivity index (χ0) is 20.8. The van der Waals surface area contributed by atoms with Crippen molar-refractivity contribution in [3.63, 3.8) is 0 Å². The Hall–Kier alpha value is -2.75. The standard InChI is InChI=1S/C24H20Cl2O3/c1-16-6-10-18(11-7-16)21(27)12-8-17-9-13-22(28-2)19(14-17)15-29-23-5-3-4-20(25)24(23)26/h3-14H,15H2,1-2H3/b12-8+. The topological polar surface area (TPSA) is 35.5 Å². The monoisotopic (exact) mass is 426 g/mol. The minimum atomic E-state index is -0.0515. The smallest absolute Gasteiger partial charge is 0.185 e. The Morgan fingerprint density at radius 2 is 1.76 bits per heavy atom. The molecule has 0 bridgehead atoms. The van der Waals surface area contributed by atoms with Crippen LogP contribution in [0.3, 0.4) is 0 Å². The van der Waals surface area contributed by atoms with Gasteiger partial charge in [0.05, 0.1) is 12.1 Å². The highest BCUT2D eigenvalue weighted by Gasteiger charge is 2.09. The Balaban J connectivity index is 1.76. The molecule has 0 aliphatic carbocycles. The molecule has 0 saturated heterocycles. The lowest BCUT2D eigenvalue weighted by Gasteiger charge is -2.12. The van der Waals surface area contributed by atoms with Gasteiger partial charge in [0.2, 0.25) is 0 Å². The molecular formula is C24H20Cl2O3. The van der Waals surface area contributed by atoms with Gasteiger partial charge in [-0.25, -0.2) is 0 Å². The van der Waals surface area contributed by atoms with E-state index < -0.39 is 0 Å². The Bertz CT molecular complexity index is 1040. The van der Waals surface area contributed by atoms with Crippen LogP contribution in [0.5, 0.6) is 11.5 Å². The van der Waals surface area contributed by atoms with Gasteiger partial charge in [0.15, 0.2) is 5.78 Å². The molecule has 5 heteroatoms. The number of hydrogen-bond donors (Lipinski definition) is 0. The summed E-state index contributed by atoms with van der Waals surface area (Å²) in [5.41, 5.74) is 3.46. The van der Waals surface area contributed by atoms with Crippen molar-refractivity contribution in [2.45, 2.75) is 13.5 Å². The average Bonchev–Trinajstić information content (AvgIpc) is 2.73. The van der Waals surface area contributed by atoms with E-state index in [9.17, 15) is 4.79 Å². The molecule has 0 aliphatic rings. The molecule has 0 unspecified atom stereocenters. The summed E-state index contributed by atoms with van der Waals surface area (Å²) >= 11 is 12.2. The molecular weight excluding hydrogens is 407 g/mol. The summed E-state index contributed by atoms with van der Waals surface area (Å²) in [6.45, 7) is 2.23. The third-order valence-corrected chi connectivity index (χ3v) is 5.17. The number of benzene rings is 3. The first-order valence-electron chi connectivity index (χ1n) is 9.00. The van der Waals surface area contributed by atoms with Crippen molar-refractivity contribution in [3.8, 4) is 11.5 Å². The van der Waals surface area contributed by atoms with Crippen LogP contribution in [0.2, 0.25) is 10.0 Å². The van der Waals surface area contributed by atoms with Crippen LogP contribution in [0.1, 0.15) is 27.0 Å². The number of hydrogen-bond acceptors (Lipinski definition) is 3. The number of methoxy groups -OCH3 is 1. The Kier molecular flexibility index (Phi) is 6.97. The van der Waals surface area contributed by atoms with Crippen LogP contribution in [0, 0.1) is 6.92 Å². The van der Waals surface area contributed by atoms with Gasteiger partial charge in [-0.3, -0.25) is 4.79 Å². The van der Waals surface area contributed by atoms with Crippen LogP contribution in [0.15, 0.2) is 66.7 Å². The Labute approximate surface area is 180 Å². The normalized spacial score (nSPS) is 10.9. The fourth-order valence-corrected chi connectivity index (χ4v) is 3.10. The van der Waals surface area contributed by atoms with Crippen molar-refractivity contribution < 1.29 is 14.3 Å². The first-order valence-corrected chi connectivity index (χ1v) is 9.76. The third kappa shape index (κ3) is 5.41. The van der Waals surface area contributed by atoms with E-state index in [4.69, 9.17) is 32.7 Å².